The van der Waals surface area contributed by atoms with E-state index >= 15 is 0 Å². The Balaban J connectivity index is 2.46. The van der Waals surface area contributed by atoms with Crippen LogP contribution in [0.5, 0.6) is 11.5 Å². The van der Waals surface area contributed by atoms with Crippen LogP contribution in [0.25, 0.3) is 0 Å². The number of hydrogen-bond acceptors (Lipinski definition) is 3. The number of ether oxygens (including phenoxy) is 1. The quantitative estimate of drug-likeness (QED) is 0.925. The van der Waals surface area contributed by atoms with Gasteiger partial charge in [-0.3, -0.25) is 0 Å². The van der Waals surface area contributed by atoms with E-state index in [2.05, 4.69) is 0 Å². The van der Waals surface area contributed by atoms with Crippen LogP contribution in [0.15, 0.2) is 42.5 Å². The second-order valence-electron chi connectivity index (χ2n) is 3.66. The van der Waals surface area contributed by atoms with Crippen molar-refractivity contribution in [1.82, 2.24) is 0 Å². The first-order chi connectivity index (χ1) is 9.11. The van der Waals surface area contributed by atoms with E-state index in [1.165, 1.54) is 18.2 Å². The molecule has 0 aliphatic heterocycles. The fourth-order valence-corrected chi connectivity index (χ4v) is 1.69. The van der Waals surface area contributed by atoms with Crippen molar-refractivity contribution in [3.8, 4) is 17.6 Å². The highest BCUT2D eigenvalue weighted by Crippen LogP contribution is 2.30. The topological polar surface area (TPSA) is 70.3 Å². The highest BCUT2D eigenvalue weighted by Gasteiger charge is 2.14. The van der Waals surface area contributed by atoms with E-state index < -0.39 is 5.97 Å². The summed E-state index contributed by atoms with van der Waals surface area (Å²) in [6, 6.07) is 12.8. The van der Waals surface area contributed by atoms with Crippen LogP contribution < -0.4 is 4.74 Å². The van der Waals surface area contributed by atoms with Crippen molar-refractivity contribution in [2.45, 2.75) is 0 Å². The Labute approximate surface area is 114 Å². The number of nitrogens with zero attached hydrogens (tertiary/aromatic N) is 1. The summed E-state index contributed by atoms with van der Waals surface area (Å²) >= 11 is 5.82. The molecule has 0 radical (unpaired) electrons. The minimum atomic E-state index is -1.12. The third-order valence-electron chi connectivity index (χ3n) is 2.40. The number of benzene rings is 2. The summed E-state index contributed by atoms with van der Waals surface area (Å²) < 4.78 is 5.49. The van der Waals surface area contributed by atoms with Crippen LogP contribution in [-0.4, -0.2) is 11.1 Å². The molecule has 0 fully saturated rings. The van der Waals surface area contributed by atoms with Gasteiger partial charge in [0.15, 0.2) is 0 Å². The van der Waals surface area contributed by atoms with E-state index in [1.807, 2.05) is 6.07 Å². The summed E-state index contributed by atoms with van der Waals surface area (Å²) in [4.78, 5) is 11.1. The van der Waals surface area contributed by atoms with E-state index in [9.17, 15) is 4.79 Å². The van der Waals surface area contributed by atoms with Crippen LogP contribution in [0.1, 0.15) is 15.9 Å². The molecule has 0 atom stereocenters. The number of aromatic carboxylic acids is 1. The van der Waals surface area contributed by atoms with Gasteiger partial charge in [-0.05, 0) is 24.3 Å². The van der Waals surface area contributed by atoms with Crippen molar-refractivity contribution in [3.63, 3.8) is 0 Å². The van der Waals surface area contributed by atoms with Gasteiger partial charge in [-0.25, -0.2) is 4.79 Å². The van der Waals surface area contributed by atoms with Crippen molar-refractivity contribution in [2.75, 3.05) is 0 Å². The third-order valence-corrected chi connectivity index (χ3v) is 2.64. The number of hydrogen-bond donors (Lipinski definition) is 1. The largest absolute Gasteiger partial charge is 0.478 e. The Morgan fingerprint density at radius 2 is 1.95 bits per heavy atom. The first-order valence-corrected chi connectivity index (χ1v) is 5.69. The molecule has 19 heavy (non-hydrogen) atoms. The second kappa shape index (κ2) is 5.42. The zero-order chi connectivity index (χ0) is 13.8. The van der Waals surface area contributed by atoms with Gasteiger partial charge in [0, 0.05) is 11.1 Å². The van der Waals surface area contributed by atoms with Gasteiger partial charge in [0.25, 0.3) is 0 Å². The number of carboxylic acid groups (broad SMARTS) is 1. The maximum Gasteiger partial charge on any atom is 0.339 e. The molecule has 2 aromatic carbocycles. The van der Waals surface area contributed by atoms with E-state index in [4.69, 9.17) is 26.7 Å². The summed E-state index contributed by atoms with van der Waals surface area (Å²) in [6.45, 7) is 0. The number of halogens is 1. The lowest BCUT2D eigenvalue weighted by molar-refractivity contribution is 0.0694. The highest BCUT2D eigenvalue weighted by molar-refractivity contribution is 6.30. The van der Waals surface area contributed by atoms with Crippen molar-refractivity contribution in [1.29, 1.82) is 5.26 Å². The molecule has 5 heteroatoms. The molecule has 0 unspecified atom stereocenters. The Morgan fingerprint density at radius 3 is 2.63 bits per heavy atom. The molecule has 0 heterocycles. The average Bonchev–Trinajstić information content (AvgIpc) is 2.39. The summed E-state index contributed by atoms with van der Waals surface area (Å²) in [7, 11) is 0. The molecule has 0 amide bonds. The summed E-state index contributed by atoms with van der Waals surface area (Å²) in [6.07, 6.45) is 0. The van der Waals surface area contributed by atoms with Gasteiger partial charge >= 0.3 is 5.97 Å². The maximum absolute atomic E-state index is 11.1. The van der Waals surface area contributed by atoms with Gasteiger partial charge in [0.05, 0.1) is 5.56 Å². The average molecular weight is 274 g/mol. The third kappa shape index (κ3) is 2.84. The predicted molar refractivity (Wildman–Crippen MR) is 69.6 cm³/mol. The minimum absolute atomic E-state index is 0.0165. The SMILES string of the molecule is N#Cc1ccccc1Oc1cc(Cl)ccc1C(=O)O. The Bertz CT molecular complexity index is 677. The molecule has 0 saturated carbocycles. The molecule has 2 aromatic rings. The second-order valence-corrected chi connectivity index (χ2v) is 4.09. The molecule has 0 saturated heterocycles. The smallest absolute Gasteiger partial charge is 0.339 e. The normalized spacial score (nSPS) is 9.68. The number of para-hydroxylation sites is 1. The van der Waals surface area contributed by atoms with Crippen LogP contribution in [0.2, 0.25) is 5.02 Å². The van der Waals surface area contributed by atoms with Crippen LogP contribution in [0.4, 0.5) is 0 Å². The van der Waals surface area contributed by atoms with Crippen molar-refractivity contribution in [2.24, 2.45) is 0 Å². The van der Waals surface area contributed by atoms with Crippen LogP contribution >= 0.6 is 11.6 Å². The lowest BCUT2D eigenvalue weighted by Crippen LogP contribution is -2.00. The molecule has 1 N–H and O–H groups in total. The molecule has 0 aromatic heterocycles. The first kappa shape index (κ1) is 12.9. The van der Waals surface area contributed by atoms with Crippen molar-refractivity contribution < 1.29 is 14.6 Å². The summed E-state index contributed by atoms with van der Waals surface area (Å²) in [5.41, 5.74) is 0.302. The number of nitriles is 1. The van der Waals surface area contributed by atoms with Gasteiger partial charge in [-0.2, -0.15) is 5.26 Å². The Morgan fingerprint density at radius 1 is 1.21 bits per heavy atom. The van der Waals surface area contributed by atoms with Gasteiger partial charge in [-0.15, -0.1) is 0 Å². The molecule has 4 nitrogen and oxygen atoms in total. The van der Waals surface area contributed by atoms with E-state index in [0.717, 1.165) is 0 Å². The maximum atomic E-state index is 11.1. The van der Waals surface area contributed by atoms with E-state index in [0.29, 0.717) is 10.6 Å². The molecular weight excluding hydrogens is 266 g/mol. The first-order valence-electron chi connectivity index (χ1n) is 5.31. The van der Waals surface area contributed by atoms with Crippen LogP contribution in [0.3, 0.4) is 0 Å². The van der Waals surface area contributed by atoms with E-state index in [1.54, 1.807) is 24.3 Å². The van der Waals surface area contributed by atoms with Crippen LogP contribution in [0, 0.1) is 11.3 Å². The number of rotatable bonds is 3. The van der Waals surface area contributed by atoms with E-state index in [-0.39, 0.29) is 17.1 Å². The molecule has 0 aliphatic rings. The number of carboxylic acids is 1. The van der Waals surface area contributed by atoms with Gasteiger partial charge in [-0.1, -0.05) is 23.7 Å². The summed E-state index contributed by atoms with van der Waals surface area (Å²) in [5, 5.41) is 18.4. The zero-order valence-corrected chi connectivity index (χ0v) is 10.4. The van der Waals surface area contributed by atoms with Gasteiger partial charge in [0.1, 0.15) is 23.1 Å². The van der Waals surface area contributed by atoms with Gasteiger partial charge < -0.3 is 9.84 Å². The molecule has 2 rings (SSSR count). The molecule has 0 bridgehead atoms. The zero-order valence-electron chi connectivity index (χ0n) is 9.63. The molecule has 0 spiro atoms. The predicted octanol–water partition coefficient (Wildman–Crippen LogP) is 3.70. The van der Waals surface area contributed by atoms with Gasteiger partial charge in [0.2, 0.25) is 0 Å². The summed E-state index contributed by atoms with van der Waals surface area (Å²) in [5.74, 6) is -0.737. The molecule has 0 aliphatic carbocycles. The van der Waals surface area contributed by atoms with Crippen molar-refractivity contribution >= 4 is 17.6 Å². The lowest BCUT2D eigenvalue weighted by Gasteiger charge is -2.10. The fraction of sp³-hybridized carbons (Fsp3) is 0. The lowest BCUT2D eigenvalue weighted by atomic mass is 10.2. The Hall–Kier alpha value is -2.51. The fourth-order valence-electron chi connectivity index (χ4n) is 1.52. The highest BCUT2D eigenvalue weighted by atomic mass is 35.5. The Kier molecular flexibility index (Phi) is 3.69. The van der Waals surface area contributed by atoms with Crippen LogP contribution in [-0.2, 0) is 0 Å². The van der Waals surface area contributed by atoms with Crippen molar-refractivity contribution in [3.05, 3.63) is 58.6 Å². The molecular formula is C14H8ClNO3. The number of carbonyl (C=O) groups is 1. The minimum Gasteiger partial charge on any atom is -0.478 e. The standard InChI is InChI=1S/C14H8ClNO3/c15-10-5-6-11(14(17)18)13(7-10)19-12-4-2-1-3-9(12)8-16/h1-7H,(H,17,18). The monoisotopic (exact) mass is 273 g/mol. The molecule has 94 valence electrons.